The van der Waals surface area contributed by atoms with Crippen LogP contribution in [0, 0.1) is 5.82 Å². The van der Waals surface area contributed by atoms with Gasteiger partial charge in [0.05, 0.1) is 11.6 Å². The van der Waals surface area contributed by atoms with Gasteiger partial charge in [0.25, 0.3) is 5.56 Å². The molecule has 1 amide bonds. The summed E-state index contributed by atoms with van der Waals surface area (Å²) in [5, 5.41) is 2.51. The molecule has 26 heavy (non-hydrogen) atoms. The van der Waals surface area contributed by atoms with Crippen LogP contribution in [0.4, 0.5) is 10.1 Å². The Kier molecular flexibility index (Phi) is 4.45. The van der Waals surface area contributed by atoms with Crippen LogP contribution in [0.15, 0.2) is 33.9 Å². The largest absolute Gasteiger partial charge is 0.459 e. The summed E-state index contributed by atoms with van der Waals surface area (Å²) in [6.45, 7) is -0.296. The molecule has 9 heteroatoms. The Hall–Kier alpha value is -3.23. The number of ether oxygens (including phenoxy) is 1. The minimum Gasteiger partial charge on any atom is -0.459 e. The molecule has 1 aromatic heterocycles. The molecule has 0 fully saturated rings. The number of anilines is 1. The first kappa shape index (κ1) is 17.6. The first-order chi connectivity index (χ1) is 12.3. The van der Waals surface area contributed by atoms with E-state index >= 15 is 0 Å². The third-order valence-electron chi connectivity index (χ3n) is 4.33. The van der Waals surface area contributed by atoms with Gasteiger partial charge in [-0.1, -0.05) is 6.07 Å². The van der Waals surface area contributed by atoms with Crippen LogP contribution in [0.3, 0.4) is 0 Å². The highest BCUT2D eigenvalue weighted by Crippen LogP contribution is 2.33. The number of fused-ring (bicyclic) bond motifs is 1. The number of hydrogen-bond donors (Lipinski definition) is 1. The summed E-state index contributed by atoms with van der Waals surface area (Å²) >= 11 is 0. The van der Waals surface area contributed by atoms with Crippen LogP contribution in [0.2, 0.25) is 0 Å². The van der Waals surface area contributed by atoms with E-state index in [-0.39, 0.29) is 24.4 Å². The van der Waals surface area contributed by atoms with Gasteiger partial charge in [0, 0.05) is 32.3 Å². The molecule has 2 aromatic rings. The van der Waals surface area contributed by atoms with Gasteiger partial charge >= 0.3 is 11.7 Å². The standard InChI is InChI=1S/C17H16FN3O5/c1-20-10(6-15(23)21(2)17(20)25)8-26-16(24)12-7-14(22)19-13-5-9(18)3-4-11(12)13/h3-6,12H,7-8H2,1-2H3,(H,19,22). The van der Waals surface area contributed by atoms with Crippen LogP contribution in [-0.2, 0) is 35.0 Å². The fourth-order valence-corrected chi connectivity index (χ4v) is 2.81. The number of esters is 1. The van der Waals surface area contributed by atoms with E-state index in [1.165, 1.54) is 36.9 Å². The minimum absolute atomic E-state index is 0.132. The summed E-state index contributed by atoms with van der Waals surface area (Å²) in [6.07, 6.45) is -0.132. The summed E-state index contributed by atoms with van der Waals surface area (Å²) < 4.78 is 20.7. The highest BCUT2D eigenvalue weighted by atomic mass is 19.1. The predicted octanol–water partition coefficient (Wildman–Crippen LogP) is 0.392. The van der Waals surface area contributed by atoms with Crippen LogP contribution < -0.4 is 16.6 Å². The van der Waals surface area contributed by atoms with Crippen molar-refractivity contribution in [2.75, 3.05) is 5.32 Å². The lowest BCUT2D eigenvalue weighted by atomic mass is 9.90. The number of rotatable bonds is 3. The van der Waals surface area contributed by atoms with Crippen molar-refractivity contribution in [2.24, 2.45) is 14.1 Å². The van der Waals surface area contributed by atoms with Gasteiger partial charge in [0.2, 0.25) is 5.91 Å². The summed E-state index contributed by atoms with van der Waals surface area (Å²) in [5.74, 6) is -2.54. The molecular formula is C17H16FN3O5. The SMILES string of the molecule is Cn1c(COC(=O)C2CC(=O)Nc3cc(F)ccc32)cc(=O)n(C)c1=O. The lowest BCUT2D eigenvalue weighted by molar-refractivity contribution is -0.148. The van der Waals surface area contributed by atoms with Crippen LogP contribution in [-0.4, -0.2) is 21.0 Å². The van der Waals surface area contributed by atoms with Gasteiger partial charge in [-0.3, -0.25) is 23.5 Å². The molecular weight excluding hydrogens is 345 g/mol. The summed E-state index contributed by atoms with van der Waals surface area (Å²) in [4.78, 5) is 47.8. The van der Waals surface area contributed by atoms with E-state index in [2.05, 4.69) is 5.32 Å². The third-order valence-corrected chi connectivity index (χ3v) is 4.33. The van der Waals surface area contributed by atoms with Crippen LogP contribution in [0.5, 0.6) is 0 Å². The molecule has 0 radical (unpaired) electrons. The smallest absolute Gasteiger partial charge is 0.330 e. The fraction of sp³-hybridized carbons (Fsp3) is 0.294. The highest BCUT2D eigenvalue weighted by Gasteiger charge is 2.32. The van der Waals surface area contributed by atoms with E-state index in [1.807, 2.05) is 0 Å². The van der Waals surface area contributed by atoms with Gasteiger partial charge < -0.3 is 10.1 Å². The van der Waals surface area contributed by atoms with E-state index in [9.17, 15) is 23.6 Å². The second-order valence-corrected chi connectivity index (χ2v) is 6.02. The zero-order valence-electron chi connectivity index (χ0n) is 14.1. The second kappa shape index (κ2) is 6.58. The van der Waals surface area contributed by atoms with Gasteiger partial charge in [0.15, 0.2) is 0 Å². The third kappa shape index (κ3) is 3.15. The van der Waals surface area contributed by atoms with Crippen molar-refractivity contribution in [2.45, 2.75) is 18.9 Å². The van der Waals surface area contributed by atoms with E-state index in [0.29, 0.717) is 5.56 Å². The molecule has 0 saturated carbocycles. The predicted molar refractivity (Wildman–Crippen MR) is 89.1 cm³/mol. The molecule has 1 aliphatic heterocycles. The van der Waals surface area contributed by atoms with Crippen LogP contribution in [0.1, 0.15) is 23.6 Å². The molecule has 0 saturated heterocycles. The van der Waals surface area contributed by atoms with Gasteiger partial charge in [-0.15, -0.1) is 0 Å². The van der Waals surface area contributed by atoms with Crippen molar-refractivity contribution in [1.82, 2.24) is 9.13 Å². The summed E-state index contributed by atoms with van der Waals surface area (Å²) in [5.41, 5.74) is -0.150. The van der Waals surface area contributed by atoms with Crippen molar-refractivity contribution < 1.29 is 18.7 Å². The molecule has 3 rings (SSSR count). The van der Waals surface area contributed by atoms with Crippen molar-refractivity contribution >= 4 is 17.6 Å². The number of nitrogens with zero attached hydrogens (tertiary/aromatic N) is 2. The number of aromatic nitrogens is 2. The monoisotopic (exact) mass is 361 g/mol. The maximum atomic E-state index is 13.3. The maximum absolute atomic E-state index is 13.3. The normalized spacial score (nSPS) is 16.0. The molecule has 1 atom stereocenters. The first-order valence-electron chi connectivity index (χ1n) is 7.80. The average Bonchev–Trinajstić information content (AvgIpc) is 2.60. The van der Waals surface area contributed by atoms with Gasteiger partial charge in [-0.05, 0) is 17.7 Å². The molecule has 0 bridgehead atoms. The van der Waals surface area contributed by atoms with E-state index in [4.69, 9.17) is 4.74 Å². The minimum atomic E-state index is -0.886. The summed E-state index contributed by atoms with van der Waals surface area (Å²) in [7, 11) is 2.80. The molecule has 1 unspecified atom stereocenters. The molecule has 1 aromatic carbocycles. The first-order valence-corrected chi connectivity index (χ1v) is 7.80. The number of nitrogens with one attached hydrogen (secondary N) is 1. The Morgan fingerprint density at radius 3 is 2.69 bits per heavy atom. The number of benzene rings is 1. The molecule has 8 nitrogen and oxygen atoms in total. The van der Waals surface area contributed by atoms with Gasteiger partial charge in [-0.25, -0.2) is 9.18 Å². The lowest BCUT2D eigenvalue weighted by Gasteiger charge is -2.24. The second-order valence-electron chi connectivity index (χ2n) is 6.02. The van der Waals surface area contributed by atoms with Crippen molar-refractivity contribution in [3.8, 4) is 0 Å². The fourth-order valence-electron chi connectivity index (χ4n) is 2.81. The van der Waals surface area contributed by atoms with Gasteiger partial charge in [-0.2, -0.15) is 0 Å². The van der Waals surface area contributed by atoms with Crippen LogP contribution in [0.25, 0.3) is 0 Å². The molecule has 2 heterocycles. The van der Waals surface area contributed by atoms with Gasteiger partial charge in [0.1, 0.15) is 12.4 Å². The number of carbonyl (C=O) groups excluding carboxylic acids is 2. The Labute approximate surface area is 146 Å². The number of halogens is 1. The Morgan fingerprint density at radius 1 is 1.23 bits per heavy atom. The van der Waals surface area contributed by atoms with E-state index in [0.717, 1.165) is 10.6 Å². The zero-order valence-corrected chi connectivity index (χ0v) is 14.1. The molecule has 0 aliphatic carbocycles. The molecule has 0 spiro atoms. The zero-order chi connectivity index (χ0) is 19.0. The van der Waals surface area contributed by atoms with E-state index < -0.39 is 34.9 Å². The lowest BCUT2D eigenvalue weighted by Crippen LogP contribution is -2.38. The Bertz CT molecular complexity index is 1020. The van der Waals surface area contributed by atoms with Crippen molar-refractivity contribution in [3.05, 3.63) is 62.2 Å². The van der Waals surface area contributed by atoms with Crippen molar-refractivity contribution in [1.29, 1.82) is 0 Å². The average molecular weight is 361 g/mol. The number of carbonyl (C=O) groups is 2. The quantitative estimate of drug-likeness (QED) is 0.798. The van der Waals surface area contributed by atoms with E-state index in [1.54, 1.807) is 0 Å². The summed E-state index contributed by atoms with van der Waals surface area (Å²) in [6, 6.07) is 4.95. The van der Waals surface area contributed by atoms with Crippen LogP contribution >= 0.6 is 0 Å². The van der Waals surface area contributed by atoms with Crippen molar-refractivity contribution in [3.63, 3.8) is 0 Å². The topological polar surface area (TPSA) is 99.4 Å². The molecule has 1 N–H and O–H groups in total. The number of amides is 1. The molecule has 1 aliphatic rings. The maximum Gasteiger partial charge on any atom is 0.330 e. The Morgan fingerprint density at radius 2 is 1.96 bits per heavy atom. The highest BCUT2D eigenvalue weighted by molar-refractivity contribution is 5.99. The molecule has 136 valence electrons. The Balaban J connectivity index is 1.83. The number of hydrogen-bond acceptors (Lipinski definition) is 5.